The van der Waals surface area contributed by atoms with E-state index >= 15 is 0 Å². The fourth-order valence-electron chi connectivity index (χ4n) is 14.8. The minimum absolute atomic E-state index is 0.906. The molecule has 21 rings (SSSR count). The number of aromatic nitrogens is 10. The molecule has 0 spiro atoms. The van der Waals surface area contributed by atoms with Crippen molar-refractivity contribution in [3.63, 3.8) is 0 Å². The summed E-state index contributed by atoms with van der Waals surface area (Å²) in [7, 11) is 0. The minimum atomic E-state index is 0.906. The van der Waals surface area contributed by atoms with Crippen molar-refractivity contribution in [1.29, 1.82) is 0 Å². The van der Waals surface area contributed by atoms with E-state index in [9.17, 15) is 0 Å². The van der Waals surface area contributed by atoms with Crippen LogP contribution < -0.4 is 0 Å². The van der Waals surface area contributed by atoms with Crippen molar-refractivity contribution in [2.45, 2.75) is 0 Å². The van der Waals surface area contributed by atoms with E-state index in [1.165, 1.54) is 0 Å². The summed E-state index contributed by atoms with van der Waals surface area (Å²) in [5.74, 6) is 0. The lowest BCUT2D eigenvalue weighted by Crippen LogP contribution is -1.91. The second-order valence-corrected chi connectivity index (χ2v) is 26.7. The first-order chi connectivity index (χ1) is 52.4. The van der Waals surface area contributed by atoms with Gasteiger partial charge in [0.25, 0.3) is 0 Å². The van der Waals surface area contributed by atoms with E-state index in [2.05, 4.69) is 311 Å². The molecule has 10 heterocycles. The maximum atomic E-state index is 5.16. The highest BCUT2D eigenvalue weighted by Crippen LogP contribution is 2.38. The van der Waals surface area contributed by atoms with Crippen molar-refractivity contribution < 1.29 is 0 Å². The largest absolute Gasteiger partial charge is 0.264 e. The molecule has 0 atom stereocenters. The van der Waals surface area contributed by atoms with E-state index < -0.39 is 0 Å². The van der Waals surface area contributed by atoms with Gasteiger partial charge in [-0.1, -0.05) is 231 Å². The Balaban J connectivity index is 0.000000141. The molecule has 10 aromatic heterocycles. The lowest BCUT2D eigenvalue weighted by Gasteiger charge is -2.10. The number of rotatable bonds is 9. The predicted molar refractivity (Wildman–Crippen MR) is 435 cm³/mol. The number of hydrogen-bond donors (Lipinski definition) is 0. The van der Waals surface area contributed by atoms with Crippen LogP contribution in [-0.2, 0) is 0 Å². The van der Waals surface area contributed by atoms with Crippen molar-refractivity contribution in [1.82, 2.24) is 49.8 Å². The van der Waals surface area contributed by atoms with Crippen molar-refractivity contribution in [2.24, 2.45) is 0 Å². The summed E-state index contributed by atoms with van der Waals surface area (Å²) in [6.45, 7) is 0. The fourth-order valence-corrected chi connectivity index (χ4v) is 14.8. The molecule has 0 aliphatic carbocycles. The number of fused-ring (bicyclic) bond motifs is 12. The van der Waals surface area contributed by atoms with E-state index in [0.717, 1.165) is 210 Å². The molecule has 0 aliphatic rings. The minimum Gasteiger partial charge on any atom is -0.264 e. The van der Waals surface area contributed by atoms with Crippen LogP contribution in [-0.4, -0.2) is 49.8 Å². The zero-order chi connectivity index (χ0) is 70.0. The van der Waals surface area contributed by atoms with Crippen LogP contribution in [0.25, 0.3) is 210 Å². The van der Waals surface area contributed by atoms with E-state index in [4.69, 9.17) is 29.9 Å². The average Bonchev–Trinajstić information content (AvgIpc) is 0.786. The molecule has 11 aromatic carbocycles. The summed E-state index contributed by atoms with van der Waals surface area (Å²) in [6.07, 6.45) is 11.2. The first-order valence-corrected chi connectivity index (χ1v) is 35.4. The average molecular weight is 1350 g/mol. The van der Waals surface area contributed by atoms with Crippen LogP contribution in [0.2, 0.25) is 0 Å². The molecule has 10 heteroatoms. The lowest BCUT2D eigenvalue weighted by molar-refractivity contribution is 1.36. The summed E-state index contributed by atoms with van der Waals surface area (Å²) in [6, 6.07) is 110. The highest BCUT2D eigenvalue weighted by atomic mass is 14.8. The third kappa shape index (κ3) is 11.4. The number of hydrogen-bond acceptors (Lipinski definition) is 10. The molecule has 10 nitrogen and oxygen atoms in total. The van der Waals surface area contributed by atoms with Crippen LogP contribution in [0.1, 0.15) is 0 Å². The van der Waals surface area contributed by atoms with Gasteiger partial charge in [-0.15, -0.1) is 0 Å². The first-order valence-electron chi connectivity index (χ1n) is 35.4. The van der Waals surface area contributed by atoms with Crippen LogP contribution >= 0.6 is 0 Å². The third-order valence-corrected chi connectivity index (χ3v) is 20.4. The normalized spacial score (nSPS) is 11.6. The van der Waals surface area contributed by atoms with Gasteiger partial charge in [-0.05, 0) is 129 Å². The molecule has 0 saturated heterocycles. The summed E-state index contributed by atoms with van der Waals surface area (Å²) in [4.78, 5) is 48.6. The molecule has 0 unspecified atom stereocenters. The van der Waals surface area contributed by atoms with Gasteiger partial charge < -0.3 is 0 Å². The Labute approximate surface area is 608 Å². The summed E-state index contributed by atoms with van der Waals surface area (Å²) >= 11 is 0. The molecule has 0 radical (unpaired) electrons. The fraction of sp³-hybridized carbons (Fsp3) is 0. The molecule has 0 amide bonds. The predicted octanol–water partition coefficient (Wildman–Crippen LogP) is 23.9. The van der Waals surface area contributed by atoms with Crippen molar-refractivity contribution in [3.05, 3.63) is 353 Å². The van der Waals surface area contributed by atoms with Gasteiger partial charge in [0.1, 0.15) is 0 Å². The Morgan fingerprint density at radius 2 is 0.547 bits per heavy atom. The highest BCUT2D eigenvalue weighted by molar-refractivity contribution is 6.09. The van der Waals surface area contributed by atoms with Gasteiger partial charge in [0.05, 0.1) is 78.3 Å². The molecule has 106 heavy (non-hydrogen) atoms. The second-order valence-electron chi connectivity index (χ2n) is 26.7. The van der Waals surface area contributed by atoms with Gasteiger partial charge in [-0.2, -0.15) is 0 Å². The monoisotopic (exact) mass is 1350 g/mol. The topological polar surface area (TPSA) is 129 Å². The Bertz CT molecular complexity index is 7080. The molecule has 0 saturated carbocycles. The van der Waals surface area contributed by atoms with Gasteiger partial charge in [0, 0.05) is 124 Å². The Hall–Kier alpha value is -14.5. The number of pyridine rings is 10. The Kier molecular flexibility index (Phi) is 15.0. The highest BCUT2D eigenvalue weighted by Gasteiger charge is 2.16. The van der Waals surface area contributed by atoms with E-state index in [1.54, 1.807) is 0 Å². The van der Waals surface area contributed by atoms with E-state index in [1.807, 2.05) is 61.4 Å². The second kappa shape index (κ2) is 25.8. The van der Waals surface area contributed by atoms with Crippen LogP contribution in [0.15, 0.2) is 353 Å². The van der Waals surface area contributed by atoms with Crippen molar-refractivity contribution in [2.75, 3.05) is 0 Å². The number of nitrogens with zero attached hydrogens (tertiary/aromatic N) is 10. The van der Waals surface area contributed by atoms with Crippen LogP contribution in [0.5, 0.6) is 0 Å². The van der Waals surface area contributed by atoms with Crippen LogP contribution in [0.4, 0.5) is 0 Å². The Morgan fingerprint density at radius 3 is 1.08 bits per heavy atom. The zero-order valence-electron chi connectivity index (χ0n) is 57.0. The molecule has 0 fully saturated rings. The summed E-state index contributed by atoms with van der Waals surface area (Å²) in [5.41, 5.74) is 26.2. The zero-order valence-corrected chi connectivity index (χ0v) is 57.0. The van der Waals surface area contributed by atoms with Gasteiger partial charge in [-0.3, -0.25) is 19.9 Å². The summed E-state index contributed by atoms with van der Waals surface area (Å²) in [5, 5.41) is 13.2. The van der Waals surface area contributed by atoms with Crippen LogP contribution in [0.3, 0.4) is 0 Å². The van der Waals surface area contributed by atoms with E-state index in [0.29, 0.717) is 0 Å². The molecule has 492 valence electrons. The van der Waals surface area contributed by atoms with Gasteiger partial charge >= 0.3 is 0 Å². The summed E-state index contributed by atoms with van der Waals surface area (Å²) < 4.78 is 0. The SMILES string of the molecule is c1cc(-c2ccc3ccc(-c4ccc5ccc(-c6ccc(-c7ccnc8c7ccc7cccnc78)cc6)cc5n4)cc3n2)c2ccncc2c1.c1ccc(-c2ccc3ccc4ccc(-c5ccc(-c6ccc7ccc(-c8ccc9ccc(-c%10cccc%11cnccc%10%11)nc9c8)nc7c6)cc5)nc4c3n2)cc1. The molecular formula is C96H58N10. The van der Waals surface area contributed by atoms with E-state index in [-0.39, 0.29) is 0 Å². The standard InChI is InChI=1S/C51H31N5.C45H27N5/c1-2-5-33(6-3-1)44-24-21-37-15-16-38-22-25-45(56-51(38)50(37)55-44)34-11-9-32(10-12-34)39-17-13-35-19-23-46(53-48(35)29-39)40-18-14-36-20-26-47(54-49(36)30-40)43-8-4-7-41-31-52-28-27-42(41)43;1-3-35-27-46-23-20-37(35)38(5-1)41-19-16-31-11-13-34(26-43(31)50-41)40-18-15-30-10-12-33(25-42(30)49-40)28-6-8-29(9-7-28)36-21-24-48-45-39(36)17-14-32-4-2-22-47-44(32)45/h1-31H;1-27H. The van der Waals surface area contributed by atoms with Gasteiger partial charge in [0.2, 0.25) is 0 Å². The van der Waals surface area contributed by atoms with Crippen molar-refractivity contribution >= 4 is 109 Å². The Morgan fingerprint density at radius 1 is 0.170 bits per heavy atom. The maximum Gasteiger partial charge on any atom is 0.0972 e. The molecule has 0 aliphatic heterocycles. The molecule has 21 aromatic rings. The molecule has 0 N–H and O–H groups in total. The molecule has 0 bridgehead atoms. The van der Waals surface area contributed by atoms with Crippen molar-refractivity contribution in [3.8, 4) is 101 Å². The van der Waals surface area contributed by atoms with Crippen LogP contribution in [0, 0.1) is 0 Å². The first kappa shape index (κ1) is 61.4. The molecular weight excluding hydrogens is 1290 g/mol. The lowest BCUT2D eigenvalue weighted by atomic mass is 9.97. The third-order valence-electron chi connectivity index (χ3n) is 20.4. The quantitative estimate of drug-likeness (QED) is 0.129. The smallest absolute Gasteiger partial charge is 0.0972 e. The maximum absolute atomic E-state index is 5.16. The number of benzene rings is 11. The van der Waals surface area contributed by atoms with Gasteiger partial charge in [-0.25, -0.2) is 29.9 Å². The van der Waals surface area contributed by atoms with Gasteiger partial charge in [0.15, 0.2) is 0 Å².